The third kappa shape index (κ3) is 1.79. The summed E-state index contributed by atoms with van der Waals surface area (Å²) in [6.45, 7) is 1.79. The van der Waals surface area contributed by atoms with Gasteiger partial charge in [0.15, 0.2) is 0 Å². The number of aromatic nitrogens is 2. The molecule has 94 valence electrons. The highest BCUT2D eigenvalue weighted by Gasteiger charge is 2.22. The van der Waals surface area contributed by atoms with E-state index in [2.05, 4.69) is 15.1 Å². The Labute approximate surface area is 104 Å². The molecule has 1 saturated heterocycles. The molecule has 0 bridgehead atoms. The average Bonchev–Trinajstić information content (AvgIpc) is 2.85. The quantitative estimate of drug-likeness (QED) is 0.652. The van der Waals surface area contributed by atoms with Gasteiger partial charge in [0.1, 0.15) is 5.69 Å². The zero-order valence-corrected chi connectivity index (χ0v) is 9.93. The number of fused-ring (bicyclic) bond motifs is 1. The van der Waals surface area contributed by atoms with E-state index >= 15 is 0 Å². The molecule has 6 nitrogen and oxygen atoms in total. The van der Waals surface area contributed by atoms with Gasteiger partial charge >= 0.3 is 0 Å². The number of piperidine rings is 1. The maximum atomic E-state index is 11.2. The lowest BCUT2D eigenvalue weighted by molar-refractivity contribution is -0.384. The molecule has 18 heavy (non-hydrogen) atoms. The Morgan fingerprint density at radius 2 is 2.06 bits per heavy atom. The van der Waals surface area contributed by atoms with E-state index in [1.54, 1.807) is 12.3 Å². The largest absolute Gasteiger partial charge is 0.366 e. The van der Waals surface area contributed by atoms with Crippen LogP contribution in [0.4, 0.5) is 11.4 Å². The molecule has 1 N–H and O–H groups in total. The van der Waals surface area contributed by atoms with Crippen LogP contribution in [0, 0.1) is 10.1 Å². The van der Waals surface area contributed by atoms with Crippen LogP contribution in [0.15, 0.2) is 18.3 Å². The minimum atomic E-state index is -0.315. The van der Waals surface area contributed by atoms with Crippen molar-refractivity contribution in [1.82, 2.24) is 10.2 Å². The Hall–Kier alpha value is -2.11. The van der Waals surface area contributed by atoms with Crippen LogP contribution < -0.4 is 4.90 Å². The number of H-pyrrole nitrogens is 1. The molecule has 0 saturated carbocycles. The molecule has 0 unspecified atom stereocenters. The molecule has 1 aliphatic rings. The van der Waals surface area contributed by atoms with Crippen LogP contribution in [0.1, 0.15) is 19.3 Å². The Bertz CT molecular complexity index is 587. The van der Waals surface area contributed by atoms with Crippen LogP contribution in [0.3, 0.4) is 0 Å². The monoisotopic (exact) mass is 246 g/mol. The van der Waals surface area contributed by atoms with E-state index in [0.717, 1.165) is 31.3 Å². The van der Waals surface area contributed by atoms with Gasteiger partial charge in [-0.3, -0.25) is 15.2 Å². The van der Waals surface area contributed by atoms with Gasteiger partial charge in [0.05, 0.1) is 16.6 Å². The molecule has 3 rings (SSSR count). The molecule has 2 heterocycles. The number of nitro groups is 1. The maximum absolute atomic E-state index is 11.2. The lowest BCUT2D eigenvalue weighted by Gasteiger charge is -2.28. The molecular formula is C12H14N4O2. The van der Waals surface area contributed by atoms with Crippen molar-refractivity contribution in [1.29, 1.82) is 0 Å². The molecule has 1 aliphatic heterocycles. The van der Waals surface area contributed by atoms with Crippen molar-refractivity contribution in [3.05, 3.63) is 28.4 Å². The predicted molar refractivity (Wildman–Crippen MR) is 68.8 cm³/mol. The van der Waals surface area contributed by atoms with Crippen LogP contribution in [0.25, 0.3) is 10.9 Å². The Morgan fingerprint density at radius 1 is 1.28 bits per heavy atom. The zero-order valence-electron chi connectivity index (χ0n) is 9.93. The topological polar surface area (TPSA) is 75.1 Å². The molecule has 1 aromatic carbocycles. The van der Waals surface area contributed by atoms with E-state index in [9.17, 15) is 10.1 Å². The molecule has 0 spiro atoms. The summed E-state index contributed by atoms with van der Waals surface area (Å²) in [5.41, 5.74) is 1.59. The summed E-state index contributed by atoms with van der Waals surface area (Å²) in [6.07, 6.45) is 5.10. The Kier molecular flexibility index (Phi) is 2.62. The van der Waals surface area contributed by atoms with Crippen molar-refractivity contribution in [3.63, 3.8) is 0 Å². The number of rotatable bonds is 2. The van der Waals surface area contributed by atoms with Crippen molar-refractivity contribution < 1.29 is 4.92 Å². The van der Waals surface area contributed by atoms with Gasteiger partial charge < -0.3 is 4.90 Å². The fraction of sp³-hybridized carbons (Fsp3) is 0.417. The lowest BCUT2D eigenvalue weighted by Crippen LogP contribution is -2.29. The molecule has 0 aliphatic carbocycles. The number of nitrogens with one attached hydrogen (secondary N) is 1. The summed E-state index contributed by atoms with van der Waals surface area (Å²) >= 11 is 0. The Morgan fingerprint density at radius 3 is 2.78 bits per heavy atom. The fourth-order valence-electron chi connectivity index (χ4n) is 2.50. The van der Waals surface area contributed by atoms with Crippen molar-refractivity contribution in [2.24, 2.45) is 0 Å². The average molecular weight is 246 g/mol. The first kappa shape index (κ1) is 11.0. The second-order valence-corrected chi connectivity index (χ2v) is 4.60. The van der Waals surface area contributed by atoms with Crippen LogP contribution in [0.5, 0.6) is 0 Å². The second kappa shape index (κ2) is 4.29. The Balaban J connectivity index is 2.11. The van der Waals surface area contributed by atoms with E-state index in [1.165, 1.54) is 6.42 Å². The smallest absolute Gasteiger partial charge is 0.294 e. The summed E-state index contributed by atoms with van der Waals surface area (Å²) in [7, 11) is 0. The third-order valence-electron chi connectivity index (χ3n) is 3.43. The standard InChI is InChI=1S/C12H14N4O2/c17-16(18)12-7-10-9(8-13-14-10)6-11(12)15-4-2-1-3-5-15/h6-8H,1-5H2,(H,13,14). The molecule has 0 radical (unpaired) electrons. The minimum absolute atomic E-state index is 0.161. The van der Waals surface area contributed by atoms with E-state index in [1.807, 2.05) is 6.07 Å². The molecule has 1 aromatic heterocycles. The van der Waals surface area contributed by atoms with E-state index < -0.39 is 0 Å². The van der Waals surface area contributed by atoms with Crippen LogP contribution in [0.2, 0.25) is 0 Å². The van der Waals surface area contributed by atoms with Gasteiger partial charge in [-0.15, -0.1) is 0 Å². The van der Waals surface area contributed by atoms with Crippen LogP contribution in [-0.2, 0) is 0 Å². The number of aromatic amines is 1. The van der Waals surface area contributed by atoms with E-state index in [0.29, 0.717) is 11.2 Å². The third-order valence-corrected chi connectivity index (χ3v) is 3.43. The van der Waals surface area contributed by atoms with Crippen molar-refractivity contribution in [2.75, 3.05) is 18.0 Å². The maximum Gasteiger partial charge on any atom is 0.294 e. The molecule has 0 atom stereocenters. The lowest BCUT2D eigenvalue weighted by atomic mass is 10.1. The summed E-state index contributed by atoms with van der Waals surface area (Å²) < 4.78 is 0. The van der Waals surface area contributed by atoms with Crippen LogP contribution in [-0.4, -0.2) is 28.2 Å². The summed E-state index contributed by atoms with van der Waals surface area (Å²) in [6, 6.07) is 3.44. The van der Waals surface area contributed by atoms with Crippen molar-refractivity contribution >= 4 is 22.3 Å². The number of hydrogen-bond donors (Lipinski definition) is 1. The molecule has 6 heteroatoms. The fourth-order valence-corrected chi connectivity index (χ4v) is 2.50. The normalized spacial score (nSPS) is 16.1. The summed E-state index contributed by atoms with van der Waals surface area (Å²) in [5, 5.41) is 18.8. The second-order valence-electron chi connectivity index (χ2n) is 4.60. The van der Waals surface area contributed by atoms with Crippen LogP contribution >= 0.6 is 0 Å². The highest BCUT2D eigenvalue weighted by molar-refractivity contribution is 5.87. The van der Waals surface area contributed by atoms with Gasteiger partial charge in [-0.25, -0.2) is 0 Å². The van der Waals surface area contributed by atoms with Gasteiger partial charge in [0.25, 0.3) is 5.69 Å². The number of benzene rings is 1. The van der Waals surface area contributed by atoms with Gasteiger partial charge in [0, 0.05) is 24.5 Å². The predicted octanol–water partition coefficient (Wildman–Crippen LogP) is 2.46. The highest BCUT2D eigenvalue weighted by atomic mass is 16.6. The number of nitrogens with zero attached hydrogens (tertiary/aromatic N) is 3. The summed E-state index contributed by atoms with van der Waals surface area (Å²) in [4.78, 5) is 13.0. The first-order valence-corrected chi connectivity index (χ1v) is 6.12. The first-order chi connectivity index (χ1) is 8.75. The number of anilines is 1. The van der Waals surface area contributed by atoms with E-state index in [4.69, 9.17) is 0 Å². The van der Waals surface area contributed by atoms with Gasteiger partial charge in [-0.05, 0) is 25.3 Å². The number of hydrogen-bond acceptors (Lipinski definition) is 4. The first-order valence-electron chi connectivity index (χ1n) is 6.12. The molecular weight excluding hydrogens is 232 g/mol. The minimum Gasteiger partial charge on any atom is -0.366 e. The molecule has 1 fully saturated rings. The zero-order chi connectivity index (χ0) is 12.5. The summed E-state index contributed by atoms with van der Waals surface area (Å²) in [5.74, 6) is 0. The highest BCUT2D eigenvalue weighted by Crippen LogP contribution is 2.33. The van der Waals surface area contributed by atoms with E-state index in [-0.39, 0.29) is 10.6 Å². The van der Waals surface area contributed by atoms with Crippen molar-refractivity contribution in [2.45, 2.75) is 19.3 Å². The van der Waals surface area contributed by atoms with Gasteiger partial charge in [0.2, 0.25) is 0 Å². The number of nitro benzene ring substituents is 1. The molecule has 2 aromatic rings. The van der Waals surface area contributed by atoms with Crippen molar-refractivity contribution in [3.8, 4) is 0 Å². The molecule has 0 amide bonds. The SMILES string of the molecule is O=[N+]([O-])c1cc2[nH]ncc2cc1N1CCCCC1. The van der Waals surface area contributed by atoms with Gasteiger partial charge in [-0.1, -0.05) is 0 Å². The van der Waals surface area contributed by atoms with Gasteiger partial charge in [-0.2, -0.15) is 5.10 Å².